The lowest BCUT2D eigenvalue weighted by Crippen LogP contribution is -1.87. The largest absolute Gasteiger partial charge is 0.244 e. The van der Waals surface area contributed by atoms with Crippen molar-refractivity contribution >= 4 is 11.6 Å². The van der Waals surface area contributed by atoms with Crippen molar-refractivity contribution in [2.75, 3.05) is 0 Å². The molecule has 1 nitrogen and oxygen atoms in total. The van der Waals surface area contributed by atoms with Crippen molar-refractivity contribution in [3.05, 3.63) is 53.1 Å². The number of aromatic nitrogens is 1. The second-order valence-electron chi connectivity index (χ2n) is 3.30. The summed E-state index contributed by atoms with van der Waals surface area (Å²) in [7, 11) is 0. The Labute approximate surface area is 92.5 Å². The molecule has 0 saturated carbocycles. The lowest BCUT2D eigenvalue weighted by atomic mass is 10.0. The summed E-state index contributed by atoms with van der Waals surface area (Å²) in [6, 6.07) is 8.25. The highest BCUT2D eigenvalue weighted by Gasteiger charge is 2.07. The average molecular weight is 222 g/mol. The zero-order valence-corrected chi connectivity index (χ0v) is 8.92. The van der Waals surface area contributed by atoms with E-state index in [4.69, 9.17) is 11.6 Å². The number of nitrogens with zero attached hydrogens (tertiary/aromatic N) is 1. The molecule has 76 valence electrons. The molecule has 0 radical (unpaired) electrons. The van der Waals surface area contributed by atoms with Gasteiger partial charge in [-0.15, -0.1) is 0 Å². The lowest BCUT2D eigenvalue weighted by Gasteiger charge is -2.06. The predicted octanol–water partition coefficient (Wildman–Crippen LogP) is 3.85. The molecule has 1 aromatic carbocycles. The van der Waals surface area contributed by atoms with E-state index in [-0.39, 0.29) is 5.82 Å². The van der Waals surface area contributed by atoms with Gasteiger partial charge in [0.2, 0.25) is 0 Å². The summed E-state index contributed by atoms with van der Waals surface area (Å²) >= 11 is 5.95. The van der Waals surface area contributed by atoms with Crippen LogP contribution in [0.25, 0.3) is 11.1 Å². The van der Waals surface area contributed by atoms with Gasteiger partial charge < -0.3 is 0 Å². The minimum Gasteiger partial charge on any atom is -0.244 e. The Kier molecular flexibility index (Phi) is 2.69. The first-order valence-electron chi connectivity index (χ1n) is 4.55. The first-order valence-corrected chi connectivity index (χ1v) is 4.93. The van der Waals surface area contributed by atoms with Gasteiger partial charge in [0.05, 0.1) is 0 Å². The summed E-state index contributed by atoms with van der Waals surface area (Å²) in [6.45, 7) is 1.91. The summed E-state index contributed by atoms with van der Waals surface area (Å²) in [5.74, 6) is -0.268. The van der Waals surface area contributed by atoms with Crippen LogP contribution in [0.4, 0.5) is 4.39 Å². The number of aryl methyl sites for hydroxylation is 1. The van der Waals surface area contributed by atoms with E-state index in [2.05, 4.69) is 4.98 Å². The third kappa shape index (κ3) is 2.00. The molecular formula is C12H9ClFN. The van der Waals surface area contributed by atoms with Crippen LogP contribution in [0.5, 0.6) is 0 Å². The fourth-order valence-corrected chi connectivity index (χ4v) is 1.69. The maximum Gasteiger partial charge on any atom is 0.136 e. The summed E-state index contributed by atoms with van der Waals surface area (Å²) in [5, 5.41) is 0.395. The molecule has 0 fully saturated rings. The van der Waals surface area contributed by atoms with Crippen molar-refractivity contribution in [1.29, 1.82) is 0 Å². The molecule has 1 aromatic heterocycles. The quantitative estimate of drug-likeness (QED) is 0.667. The highest BCUT2D eigenvalue weighted by atomic mass is 35.5. The van der Waals surface area contributed by atoms with E-state index in [1.165, 1.54) is 12.1 Å². The third-order valence-electron chi connectivity index (χ3n) is 2.25. The number of hydrogen-bond donors (Lipinski definition) is 0. The van der Waals surface area contributed by atoms with E-state index < -0.39 is 0 Å². The fraction of sp³-hybridized carbons (Fsp3) is 0.0833. The first kappa shape index (κ1) is 10.1. The molecule has 0 aliphatic rings. The van der Waals surface area contributed by atoms with Crippen molar-refractivity contribution in [1.82, 2.24) is 4.98 Å². The second-order valence-corrected chi connectivity index (χ2v) is 3.66. The van der Waals surface area contributed by atoms with Crippen LogP contribution >= 0.6 is 11.6 Å². The van der Waals surface area contributed by atoms with Gasteiger partial charge in [0.25, 0.3) is 0 Å². The first-order chi connectivity index (χ1) is 7.18. The van der Waals surface area contributed by atoms with Crippen LogP contribution in [0.2, 0.25) is 5.15 Å². The minimum absolute atomic E-state index is 0.268. The molecule has 0 spiro atoms. The van der Waals surface area contributed by atoms with Crippen molar-refractivity contribution in [2.24, 2.45) is 0 Å². The number of halogens is 2. The number of hydrogen-bond acceptors (Lipinski definition) is 1. The molecular weight excluding hydrogens is 213 g/mol. The van der Waals surface area contributed by atoms with Crippen molar-refractivity contribution in [3.63, 3.8) is 0 Å². The molecule has 0 saturated heterocycles. The Morgan fingerprint density at radius 1 is 1.20 bits per heavy atom. The maximum absolute atomic E-state index is 13.1. The van der Waals surface area contributed by atoms with Gasteiger partial charge in [-0.1, -0.05) is 17.7 Å². The maximum atomic E-state index is 13.1. The zero-order chi connectivity index (χ0) is 10.8. The van der Waals surface area contributed by atoms with Crippen LogP contribution in [-0.4, -0.2) is 4.98 Å². The van der Waals surface area contributed by atoms with Crippen molar-refractivity contribution in [2.45, 2.75) is 6.92 Å². The van der Waals surface area contributed by atoms with E-state index >= 15 is 0 Å². The van der Waals surface area contributed by atoms with Gasteiger partial charge in [0, 0.05) is 11.8 Å². The molecule has 2 aromatic rings. The molecule has 0 aliphatic carbocycles. The fourth-order valence-electron chi connectivity index (χ4n) is 1.47. The normalized spacial score (nSPS) is 10.3. The van der Waals surface area contributed by atoms with Crippen LogP contribution in [0, 0.1) is 12.7 Å². The van der Waals surface area contributed by atoms with Crippen LogP contribution in [0.3, 0.4) is 0 Å². The van der Waals surface area contributed by atoms with E-state index in [1.807, 2.05) is 13.0 Å². The summed E-state index contributed by atoms with van der Waals surface area (Å²) in [6.07, 6.45) is 1.61. The smallest absolute Gasteiger partial charge is 0.136 e. The van der Waals surface area contributed by atoms with E-state index in [1.54, 1.807) is 18.3 Å². The summed E-state index contributed by atoms with van der Waals surface area (Å²) in [5.41, 5.74) is 2.52. The van der Waals surface area contributed by atoms with Gasteiger partial charge in [-0.2, -0.15) is 0 Å². The lowest BCUT2D eigenvalue weighted by molar-refractivity contribution is 0.628. The van der Waals surface area contributed by atoms with Crippen LogP contribution in [-0.2, 0) is 0 Å². The minimum atomic E-state index is -0.268. The van der Waals surface area contributed by atoms with Crippen LogP contribution < -0.4 is 0 Å². The molecule has 2 rings (SSSR count). The molecule has 15 heavy (non-hydrogen) atoms. The Balaban J connectivity index is 2.64. The van der Waals surface area contributed by atoms with E-state index in [0.717, 1.165) is 16.7 Å². The predicted molar refractivity (Wildman–Crippen MR) is 59.4 cm³/mol. The summed E-state index contributed by atoms with van der Waals surface area (Å²) < 4.78 is 13.1. The van der Waals surface area contributed by atoms with Gasteiger partial charge in [-0.25, -0.2) is 9.37 Å². The van der Waals surface area contributed by atoms with Gasteiger partial charge in [0.1, 0.15) is 11.0 Å². The zero-order valence-electron chi connectivity index (χ0n) is 8.17. The Morgan fingerprint density at radius 3 is 2.73 bits per heavy atom. The molecule has 3 heteroatoms. The molecule has 0 atom stereocenters. The summed E-state index contributed by atoms with van der Waals surface area (Å²) in [4.78, 5) is 3.97. The SMILES string of the molecule is Cc1ccc(F)cc1-c1cccnc1Cl. The topological polar surface area (TPSA) is 12.9 Å². The van der Waals surface area contributed by atoms with Gasteiger partial charge in [0.15, 0.2) is 0 Å². The highest BCUT2D eigenvalue weighted by Crippen LogP contribution is 2.28. The molecule has 0 aliphatic heterocycles. The molecule has 0 N–H and O–H groups in total. The number of benzene rings is 1. The molecule has 0 amide bonds. The van der Waals surface area contributed by atoms with Gasteiger partial charge in [-0.05, 0) is 42.3 Å². The highest BCUT2D eigenvalue weighted by molar-refractivity contribution is 6.32. The standard InChI is InChI=1S/C12H9ClFN/c1-8-4-5-9(14)7-11(8)10-3-2-6-15-12(10)13/h2-7H,1H3. The van der Waals surface area contributed by atoms with E-state index in [9.17, 15) is 4.39 Å². The molecule has 1 heterocycles. The van der Waals surface area contributed by atoms with Gasteiger partial charge in [-0.3, -0.25) is 0 Å². The second kappa shape index (κ2) is 3.99. The molecule has 0 unspecified atom stereocenters. The monoisotopic (exact) mass is 221 g/mol. The van der Waals surface area contributed by atoms with E-state index in [0.29, 0.717) is 5.15 Å². The Bertz CT molecular complexity index is 497. The van der Waals surface area contributed by atoms with Crippen LogP contribution in [0.15, 0.2) is 36.5 Å². The number of rotatable bonds is 1. The molecule has 0 bridgehead atoms. The average Bonchev–Trinajstić information content (AvgIpc) is 2.23. The Hall–Kier alpha value is -1.41. The van der Waals surface area contributed by atoms with Crippen molar-refractivity contribution < 1.29 is 4.39 Å². The van der Waals surface area contributed by atoms with Crippen LogP contribution in [0.1, 0.15) is 5.56 Å². The Morgan fingerprint density at radius 2 is 2.00 bits per heavy atom. The number of pyridine rings is 1. The third-order valence-corrected chi connectivity index (χ3v) is 2.55. The van der Waals surface area contributed by atoms with Crippen molar-refractivity contribution in [3.8, 4) is 11.1 Å². The van der Waals surface area contributed by atoms with Gasteiger partial charge >= 0.3 is 0 Å².